The van der Waals surface area contributed by atoms with E-state index in [2.05, 4.69) is 4.98 Å². The van der Waals surface area contributed by atoms with E-state index in [1.807, 2.05) is 4.98 Å². The van der Waals surface area contributed by atoms with E-state index in [9.17, 15) is 9.59 Å². The fourth-order valence-corrected chi connectivity index (χ4v) is 0.403. The van der Waals surface area contributed by atoms with Crippen molar-refractivity contribution in [3.8, 4) is 5.75 Å². The standard InChI is InChI=1S/C4H4N2O3.C2H4O2/c7-2-1-5-4(9)6-3(2)8;1-2(3)4/h1,7H,(H2,5,6,8,9);1H3,(H,3,4). The zero-order chi connectivity index (χ0) is 10.4. The first kappa shape index (κ1) is 11.0. The molecule has 0 bridgehead atoms. The van der Waals surface area contributed by atoms with Crippen molar-refractivity contribution < 1.29 is 15.0 Å². The summed E-state index contributed by atoms with van der Waals surface area (Å²) in [6, 6.07) is 0. The van der Waals surface area contributed by atoms with Gasteiger partial charge in [0.1, 0.15) is 0 Å². The second-order valence-electron chi connectivity index (χ2n) is 1.98. The van der Waals surface area contributed by atoms with Crippen LogP contribution in [-0.2, 0) is 4.79 Å². The van der Waals surface area contributed by atoms with Gasteiger partial charge in [0, 0.05) is 6.92 Å². The lowest BCUT2D eigenvalue weighted by molar-refractivity contribution is -0.134. The first-order valence-electron chi connectivity index (χ1n) is 3.14. The highest BCUT2D eigenvalue weighted by Crippen LogP contribution is 1.86. The summed E-state index contributed by atoms with van der Waals surface area (Å²) in [6.07, 6.45) is 0.932. The largest absolute Gasteiger partial charge is 0.502 e. The first-order valence-corrected chi connectivity index (χ1v) is 3.14. The van der Waals surface area contributed by atoms with Gasteiger partial charge in [0.05, 0.1) is 6.20 Å². The van der Waals surface area contributed by atoms with E-state index in [4.69, 9.17) is 15.0 Å². The minimum absolute atomic E-state index is 0.491. The molecular weight excluding hydrogens is 180 g/mol. The topological polar surface area (TPSA) is 123 Å². The van der Waals surface area contributed by atoms with E-state index in [1.165, 1.54) is 0 Å². The maximum Gasteiger partial charge on any atom is 0.325 e. The normalized spacial score (nSPS) is 8.38. The molecule has 0 aliphatic rings. The molecule has 1 rings (SSSR count). The molecule has 0 atom stereocenters. The van der Waals surface area contributed by atoms with Crippen LogP contribution in [0.1, 0.15) is 6.92 Å². The minimum Gasteiger partial charge on any atom is -0.502 e. The second-order valence-corrected chi connectivity index (χ2v) is 1.98. The molecule has 1 aromatic rings. The van der Waals surface area contributed by atoms with E-state index in [0.717, 1.165) is 13.1 Å². The summed E-state index contributed by atoms with van der Waals surface area (Å²) in [4.78, 5) is 33.4. The number of H-pyrrole nitrogens is 2. The number of aromatic amines is 2. The van der Waals surface area contributed by atoms with Crippen molar-refractivity contribution in [1.29, 1.82) is 0 Å². The van der Waals surface area contributed by atoms with Crippen LogP contribution in [-0.4, -0.2) is 26.2 Å². The highest BCUT2D eigenvalue weighted by atomic mass is 16.4. The van der Waals surface area contributed by atoms with Gasteiger partial charge in [0.15, 0.2) is 5.75 Å². The van der Waals surface area contributed by atoms with Gasteiger partial charge in [0.2, 0.25) is 0 Å². The van der Waals surface area contributed by atoms with Crippen molar-refractivity contribution in [2.75, 3.05) is 0 Å². The molecule has 0 unspecified atom stereocenters. The summed E-state index contributed by atoms with van der Waals surface area (Å²) < 4.78 is 0. The van der Waals surface area contributed by atoms with Gasteiger partial charge < -0.3 is 15.2 Å². The van der Waals surface area contributed by atoms with Gasteiger partial charge in [-0.2, -0.15) is 0 Å². The van der Waals surface area contributed by atoms with Gasteiger partial charge in [-0.05, 0) is 0 Å². The molecule has 0 saturated heterocycles. The lowest BCUT2D eigenvalue weighted by Crippen LogP contribution is -2.20. The third-order valence-electron chi connectivity index (χ3n) is 0.800. The van der Waals surface area contributed by atoms with Crippen molar-refractivity contribution in [3.63, 3.8) is 0 Å². The molecule has 7 nitrogen and oxygen atoms in total. The summed E-state index contributed by atoms with van der Waals surface area (Å²) in [6.45, 7) is 1.08. The lowest BCUT2D eigenvalue weighted by atomic mass is 10.6. The maximum atomic E-state index is 10.3. The molecular formula is C6H8N2O5. The molecule has 0 aliphatic heterocycles. The lowest BCUT2D eigenvalue weighted by Gasteiger charge is -1.83. The highest BCUT2D eigenvalue weighted by Gasteiger charge is 1.91. The van der Waals surface area contributed by atoms with Crippen LogP contribution in [0.15, 0.2) is 15.8 Å². The van der Waals surface area contributed by atoms with Crippen LogP contribution >= 0.6 is 0 Å². The zero-order valence-corrected chi connectivity index (χ0v) is 6.70. The highest BCUT2D eigenvalue weighted by molar-refractivity contribution is 5.62. The fraction of sp³-hybridized carbons (Fsp3) is 0.167. The maximum absolute atomic E-state index is 10.3. The Labute approximate surface area is 71.7 Å². The van der Waals surface area contributed by atoms with Crippen LogP contribution in [0, 0.1) is 0 Å². The minimum atomic E-state index is -0.833. The third-order valence-corrected chi connectivity index (χ3v) is 0.800. The predicted molar refractivity (Wildman–Crippen MR) is 42.7 cm³/mol. The Hall–Kier alpha value is -2.05. The number of aromatic nitrogens is 2. The number of aromatic hydroxyl groups is 1. The monoisotopic (exact) mass is 188 g/mol. The summed E-state index contributed by atoms with van der Waals surface area (Å²) in [5.74, 6) is -1.32. The van der Waals surface area contributed by atoms with Crippen LogP contribution in [0.3, 0.4) is 0 Å². The number of carboxylic acid groups (broad SMARTS) is 1. The van der Waals surface area contributed by atoms with Gasteiger partial charge in [0.25, 0.3) is 11.5 Å². The predicted octanol–water partition coefficient (Wildman–Crippen LogP) is -1.14. The van der Waals surface area contributed by atoms with E-state index in [0.29, 0.717) is 0 Å². The van der Waals surface area contributed by atoms with E-state index < -0.39 is 23.0 Å². The number of nitrogens with one attached hydrogen (secondary N) is 2. The Morgan fingerprint density at radius 2 is 1.92 bits per heavy atom. The molecule has 0 spiro atoms. The Morgan fingerprint density at radius 1 is 1.46 bits per heavy atom. The smallest absolute Gasteiger partial charge is 0.325 e. The van der Waals surface area contributed by atoms with E-state index in [-0.39, 0.29) is 0 Å². The molecule has 7 heteroatoms. The molecule has 4 N–H and O–H groups in total. The molecule has 1 heterocycles. The molecule has 72 valence electrons. The Bertz CT molecular complexity index is 387. The number of hydrogen-bond acceptors (Lipinski definition) is 4. The van der Waals surface area contributed by atoms with Crippen LogP contribution in [0.25, 0.3) is 0 Å². The Kier molecular flexibility index (Phi) is 4.00. The first-order chi connectivity index (χ1) is 5.93. The zero-order valence-electron chi connectivity index (χ0n) is 6.70. The van der Waals surface area contributed by atoms with E-state index in [1.54, 1.807) is 0 Å². The number of hydrogen-bond donors (Lipinski definition) is 4. The van der Waals surface area contributed by atoms with Crippen LogP contribution in [0.4, 0.5) is 0 Å². The number of aliphatic carboxylic acids is 1. The van der Waals surface area contributed by atoms with Gasteiger partial charge in [-0.3, -0.25) is 14.6 Å². The number of carbonyl (C=O) groups is 1. The van der Waals surface area contributed by atoms with Gasteiger partial charge in [-0.1, -0.05) is 0 Å². The number of rotatable bonds is 0. The Balaban J connectivity index is 0.000000310. The number of carboxylic acids is 1. The summed E-state index contributed by atoms with van der Waals surface area (Å²) in [5, 5.41) is 15.9. The quantitative estimate of drug-likeness (QED) is 0.409. The van der Waals surface area contributed by atoms with Crippen LogP contribution in [0.5, 0.6) is 5.75 Å². The summed E-state index contributed by atoms with van der Waals surface area (Å²) in [7, 11) is 0. The second kappa shape index (κ2) is 4.75. The molecule has 0 saturated carbocycles. The van der Waals surface area contributed by atoms with Gasteiger partial charge in [-0.25, -0.2) is 4.79 Å². The molecule has 0 aromatic carbocycles. The summed E-state index contributed by atoms with van der Waals surface area (Å²) >= 11 is 0. The molecule has 0 aliphatic carbocycles. The van der Waals surface area contributed by atoms with Crippen molar-refractivity contribution in [2.45, 2.75) is 6.92 Å². The fourth-order valence-electron chi connectivity index (χ4n) is 0.403. The van der Waals surface area contributed by atoms with E-state index >= 15 is 0 Å². The van der Waals surface area contributed by atoms with Gasteiger partial charge in [-0.15, -0.1) is 0 Å². The van der Waals surface area contributed by atoms with Crippen molar-refractivity contribution in [2.24, 2.45) is 0 Å². The average molecular weight is 188 g/mol. The SMILES string of the molecule is CC(=O)O.O=c1[nH]cc(O)c(=O)[nH]1. The van der Waals surface area contributed by atoms with Gasteiger partial charge >= 0.3 is 5.69 Å². The van der Waals surface area contributed by atoms with Crippen molar-refractivity contribution in [3.05, 3.63) is 27.0 Å². The molecule has 0 radical (unpaired) electrons. The van der Waals surface area contributed by atoms with Crippen LogP contribution in [0.2, 0.25) is 0 Å². The Morgan fingerprint density at radius 3 is 2.23 bits per heavy atom. The van der Waals surface area contributed by atoms with Crippen molar-refractivity contribution >= 4 is 5.97 Å². The summed E-state index contributed by atoms with van der Waals surface area (Å²) in [5.41, 5.74) is -1.41. The average Bonchev–Trinajstić information content (AvgIpc) is 1.96. The van der Waals surface area contributed by atoms with Crippen molar-refractivity contribution in [1.82, 2.24) is 9.97 Å². The molecule has 1 aromatic heterocycles. The molecule has 13 heavy (non-hydrogen) atoms. The molecule has 0 fully saturated rings. The molecule has 0 amide bonds. The third kappa shape index (κ3) is 5.24. The van der Waals surface area contributed by atoms with Crippen LogP contribution < -0.4 is 11.2 Å².